The number of amides is 3. The van der Waals surface area contributed by atoms with Gasteiger partial charge in [-0.15, -0.1) is 0 Å². The molecule has 690 valence electrons. The second-order valence-electron chi connectivity index (χ2n) is 33.5. The average Bonchev–Trinajstić information content (AvgIpc) is 1.71. The van der Waals surface area contributed by atoms with Gasteiger partial charge in [-0.05, 0) is 136 Å². The summed E-state index contributed by atoms with van der Waals surface area (Å²) in [6, 6.07) is 8.18. The third-order valence-corrected chi connectivity index (χ3v) is 24.2. The first-order chi connectivity index (χ1) is 60.3. The molecule has 3 amide bonds. The number of alkyl carbamates (subject to hydrolysis) is 1. The number of pyridine rings is 1. The molecule has 5 aliphatic rings. The number of aliphatic hydroxyl groups excluding tert-OH is 3. The van der Waals surface area contributed by atoms with Crippen LogP contribution in [0.2, 0.25) is 0 Å². The zero-order chi connectivity index (χ0) is 89.4. The molecule has 1 saturated carbocycles. The van der Waals surface area contributed by atoms with Gasteiger partial charge in [0.05, 0.1) is 148 Å². The Hall–Kier alpha value is -8.40. The molecule has 0 radical (unpaired) electrons. The smallest absolute Gasteiger partial charge is 0.407 e. The molecule has 10 N–H and O–H groups in total. The van der Waals surface area contributed by atoms with E-state index in [9.17, 15) is 49.2 Å². The summed E-state index contributed by atoms with van der Waals surface area (Å²) in [7, 11) is 3.08. The molecule has 3 fully saturated rings. The zero-order valence-corrected chi connectivity index (χ0v) is 73.8. The standard InChI is InChI=1S/C91H133N11O23/c1-58-14-10-9-11-15-59(2)75(113-7)52-70-21-17-63(6)91(112,125-70)84(108)88(109)101-28-13-12-16-72(101)89(110)123-76(53-73(103)60(3)47-62(5)82(106)83(107)81(105)61(4)46-58)71(92)49-64-19-22-74(77(50-64)114-8)124-90(111)95-27-31-116-33-35-118-37-39-120-41-43-122-45-44-121-42-40-119-38-36-117-34-32-115-30-25-78(104)100-29-24-66-48-65(18-20-68(66)56-100)55-102-87-79(85(93)97-57-98-87)80(99-102)69-51-67-23-26-94-86(67)96-54-69/h9-11,14-15,18,20,23,26,47-48,51,54,57-58,60-61,63-64,70-77,82-83,103,106-107,112H,12-13,16-17,19,21-22,24-25,27-46,49-50,52-53,55-56,92H2,1-8H3,(H,94,96)(H,95,111)(H2,93,97,98)/b11-9+,14-10+,59-15+,62-47+/t58-,60-,61-,63-,64+,70+,71-,72+,73-,74-,75+,76+,77-,82-,83+,91-/m1/s1. The van der Waals surface area contributed by atoms with Crippen LogP contribution < -0.4 is 16.8 Å². The number of nitrogens with zero attached hydrogens (tertiary/aromatic N) is 7. The van der Waals surface area contributed by atoms with E-state index in [1.165, 1.54) is 19.0 Å². The van der Waals surface area contributed by atoms with E-state index in [2.05, 4.69) is 43.5 Å². The van der Waals surface area contributed by atoms with Gasteiger partial charge in [-0.25, -0.2) is 29.2 Å². The molecule has 2 saturated heterocycles. The van der Waals surface area contributed by atoms with E-state index in [1.54, 1.807) is 47.1 Å². The van der Waals surface area contributed by atoms with Crippen molar-refractivity contribution in [3.05, 3.63) is 113 Å². The quantitative estimate of drug-likeness (QED) is 0.00852. The maximum absolute atomic E-state index is 14.7. The number of nitrogen functional groups attached to an aromatic ring is 1. The lowest BCUT2D eigenvalue weighted by molar-refractivity contribution is -0.265. The Balaban J connectivity index is 0.549. The lowest BCUT2D eigenvalue weighted by Crippen LogP contribution is -2.61. The molecule has 5 aromatic rings. The maximum Gasteiger partial charge on any atom is 0.407 e. The number of hydrogen-bond donors (Lipinski definition) is 8. The summed E-state index contributed by atoms with van der Waals surface area (Å²) in [6.45, 7) is 18.0. The number of aliphatic hydroxyl groups is 4. The van der Waals surface area contributed by atoms with Gasteiger partial charge in [-0.2, -0.15) is 5.10 Å². The minimum atomic E-state index is -2.50. The van der Waals surface area contributed by atoms with Crippen molar-refractivity contribution in [2.45, 2.75) is 211 Å². The van der Waals surface area contributed by atoms with Crippen molar-refractivity contribution in [2.24, 2.45) is 35.3 Å². The van der Waals surface area contributed by atoms with Crippen LogP contribution in [0.25, 0.3) is 33.3 Å². The highest BCUT2D eigenvalue weighted by atomic mass is 16.6. The lowest BCUT2D eigenvalue weighted by Gasteiger charge is -2.42. The fourth-order valence-corrected chi connectivity index (χ4v) is 16.8. The summed E-state index contributed by atoms with van der Waals surface area (Å²) < 4.78 is 77.0. The molecule has 34 heteroatoms. The highest BCUT2D eigenvalue weighted by molar-refractivity contribution is 6.39. The van der Waals surface area contributed by atoms with E-state index in [1.807, 2.05) is 72.1 Å². The molecule has 2 bridgehead atoms. The summed E-state index contributed by atoms with van der Waals surface area (Å²) >= 11 is 0. The first-order valence-electron chi connectivity index (χ1n) is 44.2. The Labute approximate surface area is 732 Å². The van der Waals surface area contributed by atoms with Gasteiger partial charge < -0.3 is 114 Å². The minimum absolute atomic E-state index is 0.0160. The maximum atomic E-state index is 14.7. The van der Waals surface area contributed by atoms with Crippen molar-refractivity contribution in [2.75, 3.05) is 145 Å². The van der Waals surface area contributed by atoms with Gasteiger partial charge in [-0.1, -0.05) is 82.4 Å². The van der Waals surface area contributed by atoms with Crippen molar-refractivity contribution in [3.8, 4) is 11.3 Å². The molecule has 0 unspecified atom stereocenters. The topological polar surface area (TPSA) is 446 Å². The number of carbonyl (C=O) groups is 6. The Morgan fingerprint density at radius 3 is 2.07 bits per heavy atom. The van der Waals surface area contributed by atoms with Crippen molar-refractivity contribution in [3.63, 3.8) is 0 Å². The number of fused-ring (bicyclic) bond motifs is 6. The van der Waals surface area contributed by atoms with Gasteiger partial charge >= 0.3 is 12.1 Å². The van der Waals surface area contributed by atoms with Crippen molar-refractivity contribution >= 4 is 63.3 Å². The molecule has 34 nitrogen and oxygen atoms in total. The van der Waals surface area contributed by atoms with Crippen molar-refractivity contribution < 1.29 is 111 Å². The first kappa shape index (κ1) is 98.8. The highest BCUT2D eigenvalue weighted by Gasteiger charge is 2.53. The predicted molar refractivity (Wildman–Crippen MR) is 463 cm³/mol. The van der Waals surface area contributed by atoms with Gasteiger partial charge in [0.25, 0.3) is 11.7 Å². The first-order valence-corrected chi connectivity index (χ1v) is 44.2. The number of nitrogens with two attached hydrogens (primary N) is 2. The molecule has 1 aromatic carbocycles. The summed E-state index contributed by atoms with van der Waals surface area (Å²) in [5.74, 6) is -8.08. The Morgan fingerprint density at radius 1 is 0.712 bits per heavy atom. The normalized spacial score (nSPS) is 27.8. The number of ether oxygens (including phenoxy) is 13. The molecule has 16 atom stereocenters. The molecule has 8 heterocycles. The average molecular weight is 1750 g/mol. The molecule has 125 heavy (non-hydrogen) atoms. The van der Waals surface area contributed by atoms with Crippen LogP contribution in [0.15, 0.2) is 96.7 Å². The molecular weight excluding hydrogens is 1620 g/mol. The second-order valence-corrected chi connectivity index (χ2v) is 33.5. The van der Waals surface area contributed by atoms with E-state index in [4.69, 9.17) is 78.1 Å². The molecule has 4 aromatic heterocycles. The van der Waals surface area contributed by atoms with E-state index in [-0.39, 0.29) is 81.7 Å². The van der Waals surface area contributed by atoms with Crippen LogP contribution >= 0.6 is 0 Å². The lowest BCUT2D eigenvalue weighted by atomic mass is 9.80. The number of benzene rings is 1. The molecule has 4 aliphatic heterocycles. The van der Waals surface area contributed by atoms with Crippen LogP contribution in [0.5, 0.6) is 0 Å². The van der Waals surface area contributed by atoms with Crippen LogP contribution in [-0.2, 0) is 105 Å². The number of anilines is 1. The molecule has 10 rings (SSSR count). The van der Waals surface area contributed by atoms with E-state index in [0.717, 1.165) is 44.6 Å². The highest BCUT2D eigenvalue weighted by Crippen LogP contribution is 2.39. The fourth-order valence-electron chi connectivity index (χ4n) is 16.8. The van der Waals surface area contributed by atoms with Gasteiger partial charge in [0, 0.05) is 100 Å². The summed E-state index contributed by atoms with van der Waals surface area (Å²) in [6.07, 6.45) is 12.4. The fraction of sp³-hybridized carbons (Fsp3) is 0.648. The van der Waals surface area contributed by atoms with E-state index >= 15 is 0 Å². The number of ketones is 2. The van der Waals surface area contributed by atoms with Gasteiger partial charge in [0.2, 0.25) is 11.7 Å². The number of nitrogens with one attached hydrogen (secondary N) is 2. The second kappa shape index (κ2) is 50.4. The van der Waals surface area contributed by atoms with Crippen LogP contribution in [0.4, 0.5) is 10.6 Å². The third kappa shape index (κ3) is 29.1. The molecule has 0 spiro atoms. The van der Waals surface area contributed by atoms with Gasteiger partial charge in [-0.3, -0.25) is 19.2 Å². The van der Waals surface area contributed by atoms with E-state index < -0.39 is 114 Å². The van der Waals surface area contributed by atoms with Crippen molar-refractivity contribution in [1.29, 1.82) is 0 Å². The number of Topliss-reactive ketones (excluding diaryl/α,β-unsaturated/α-hetero) is 2. The zero-order valence-electron chi connectivity index (χ0n) is 73.8. The Bertz CT molecular complexity index is 4390. The number of aromatic nitrogens is 6. The molecule has 1 aliphatic carbocycles. The number of carbonyl (C=O) groups excluding carboxylic acids is 6. The number of aromatic amines is 1. The van der Waals surface area contributed by atoms with Crippen LogP contribution in [0.1, 0.15) is 142 Å². The van der Waals surface area contributed by atoms with Gasteiger partial charge in [0.15, 0.2) is 11.4 Å². The SMILES string of the molecule is CO[C@H]1C[C@@H]2CC[C@@H](C)[C@@](O)(O2)C(=O)C(=O)N2CCCC[C@H]2C(=O)O[C@H]([C@H](N)C[C@@H]2CC[C@@H](OC(=O)NCCOCCOCCOCCOCCOCCOCCOCCOCCC(=O)N3CCc4cc(Cn5nc(-c6cnc7[nH]ccc7c6)c6c(N)ncnc65)ccc4C3)[C@H](OC)C2)C[C@@H](O)[C@H](C)/C=C(\C)[C@@H](O)[C@@H](O)C(=O)[C@H](C)C[C@H](C)/C=C/C=C/C=C/1C. The summed E-state index contributed by atoms with van der Waals surface area (Å²) in [5.41, 5.74) is 20.8. The number of hydrogen-bond acceptors (Lipinski definition) is 29. The Kier molecular flexibility index (Phi) is 39.8. The van der Waals surface area contributed by atoms with Crippen LogP contribution in [-0.4, -0.2) is 302 Å². The van der Waals surface area contributed by atoms with Crippen LogP contribution in [0, 0.1) is 29.6 Å². The minimum Gasteiger partial charge on any atom is -0.459 e. The number of H-pyrrole nitrogens is 1. The Morgan fingerprint density at radius 2 is 1.39 bits per heavy atom. The number of allylic oxidation sites excluding steroid dienone is 5. The number of methoxy groups -OCH3 is 2. The van der Waals surface area contributed by atoms with E-state index in [0.29, 0.717) is 186 Å². The third-order valence-electron chi connectivity index (χ3n) is 24.2. The van der Waals surface area contributed by atoms with Crippen LogP contribution in [0.3, 0.4) is 0 Å². The molecular formula is C91H133N11O23. The summed E-state index contributed by atoms with van der Waals surface area (Å²) in [5, 5.41) is 55.9. The number of piperidine rings is 1. The predicted octanol–water partition coefficient (Wildman–Crippen LogP) is 7.16. The van der Waals surface area contributed by atoms with Crippen molar-refractivity contribution in [1.82, 2.24) is 44.8 Å². The largest absolute Gasteiger partial charge is 0.459 e. The number of cyclic esters (lactones) is 1. The summed E-state index contributed by atoms with van der Waals surface area (Å²) in [4.78, 5) is 103. The van der Waals surface area contributed by atoms with Gasteiger partial charge in [0.1, 0.15) is 53.9 Å². The monoisotopic (exact) mass is 1750 g/mol. The number of esters is 1. The number of rotatable bonds is 36.